The number of nitrogens with zero attached hydrogens (tertiary/aromatic N) is 3. The van der Waals surface area contributed by atoms with E-state index < -0.39 is 5.97 Å². The van der Waals surface area contributed by atoms with Crippen LogP contribution in [-0.4, -0.2) is 46.7 Å². The van der Waals surface area contributed by atoms with Gasteiger partial charge in [0.15, 0.2) is 5.57 Å². The highest BCUT2D eigenvalue weighted by atomic mass is 32.2. The van der Waals surface area contributed by atoms with Crippen molar-refractivity contribution >= 4 is 40.2 Å². The Hall–Kier alpha value is -3.05. The van der Waals surface area contributed by atoms with Gasteiger partial charge in [0.25, 0.3) is 0 Å². The number of ether oxygens (including phenoxy) is 1. The minimum absolute atomic E-state index is 0.0911. The van der Waals surface area contributed by atoms with E-state index in [1.807, 2.05) is 50.2 Å². The lowest BCUT2D eigenvalue weighted by molar-refractivity contribution is -0.138. The monoisotopic (exact) mass is 424 g/mol. The highest BCUT2D eigenvalue weighted by Crippen LogP contribution is 2.39. The molecule has 156 valence electrons. The molecule has 1 fully saturated rings. The Labute approximate surface area is 180 Å². The molecule has 2 heterocycles. The summed E-state index contributed by atoms with van der Waals surface area (Å²) < 4.78 is 4.97. The first kappa shape index (κ1) is 21.7. The second-order valence-corrected chi connectivity index (χ2v) is 7.93. The summed E-state index contributed by atoms with van der Waals surface area (Å²) in [7, 11) is 0. The van der Waals surface area contributed by atoms with Crippen LogP contribution in [0.1, 0.15) is 26.0 Å². The van der Waals surface area contributed by atoms with Crippen LogP contribution in [-0.2, 0) is 14.3 Å². The van der Waals surface area contributed by atoms with E-state index in [1.54, 1.807) is 6.92 Å². The van der Waals surface area contributed by atoms with Crippen molar-refractivity contribution in [3.63, 3.8) is 0 Å². The van der Waals surface area contributed by atoms with Crippen LogP contribution in [0.25, 0.3) is 10.9 Å². The van der Waals surface area contributed by atoms with Crippen molar-refractivity contribution in [3.8, 4) is 6.07 Å². The van der Waals surface area contributed by atoms with Crippen molar-refractivity contribution in [2.24, 2.45) is 0 Å². The van der Waals surface area contributed by atoms with E-state index in [1.165, 1.54) is 16.7 Å². The van der Waals surface area contributed by atoms with Gasteiger partial charge in [0.05, 0.1) is 17.4 Å². The molecule has 30 heavy (non-hydrogen) atoms. The van der Waals surface area contributed by atoms with Crippen molar-refractivity contribution in [1.82, 2.24) is 9.88 Å². The average Bonchev–Trinajstić information content (AvgIpc) is 3.04. The number of esters is 1. The fraction of sp³-hybridized carbons (Fsp3) is 0.364. The van der Waals surface area contributed by atoms with Crippen LogP contribution in [0.4, 0.5) is 5.69 Å². The lowest BCUT2D eigenvalue weighted by atomic mass is 10.1. The predicted octanol–water partition coefficient (Wildman–Crippen LogP) is 3.61. The number of carbonyl (C=O) groups is 2. The molecule has 0 radical (unpaired) electrons. The van der Waals surface area contributed by atoms with Gasteiger partial charge in [-0.05, 0) is 51.5 Å². The van der Waals surface area contributed by atoms with Gasteiger partial charge in [0.2, 0.25) is 5.91 Å². The molecule has 1 aromatic heterocycles. The van der Waals surface area contributed by atoms with Gasteiger partial charge in [-0.2, -0.15) is 5.26 Å². The molecule has 1 aliphatic rings. The van der Waals surface area contributed by atoms with E-state index in [0.29, 0.717) is 24.5 Å². The highest BCUT2D eigenvalue weighted by Gasteiger charge is 2.38. The lowest BCUT2D eigenvalue weighted by Gasteiger charge is -2.15. The maximum absolute atomic E-state index is 12.8. The average molecular weight is 425 g/mol. The summed E-state index contributed by atoms with van der Waals surface area (Å²) >= 11 is 1.26. The Morgan fingerprint density at radius 3 is 2.83 bits per heavy atom. The summed E-state index contributed by atoms with van der Waals surface area (Å²) in [5.74, 6) is -0.780. The zero-order valence-corrected chi connectivity index (χ0v) is 18.1. The number of pyridine rings is 1. The second kappa shape index (κ2) is 9.63. The first-order valence-electron chi connectivity index (χ1n) is 9.89. The molecule has 1 aromatic carbocycles. The molecular formula is C22H24N4O3S. The van der Waals surface area contributed by atoms with E-state index in [4.69, 9.17) is 4.74 Å². The van der Waals surface area contributed by atoms with E-state index in [-0.39, 0.29) is 23.3 Å². The quantitative estimate of drug-likeness (QED) is 0.412. The van der Waals surface area contributed by atoms with Crippen LogP contribution in [0.5, 0.6) is 0 Å². The Morgan fingerprint density at radius 2 is 2.13 bits per heavy atom. The van der Waals surface area contributed by atoms with Gasteiger partial charge in [-0.3, -0.25) is 9.78 Å². The molecule has 1 amide bonds. The van der Waals surface area contributed by atoms with Crippen LogP contribution in [0.3, 0.4) is 0 Å². The number of benzene rings is 1. The normalized spacial score (nSPS) is 17.7. The number of aromatic nitrogens is 1. The zero-order chi connectivity index (χ0) is 21.7. The molecule has 2 aromatic rings. The smallest absolute Gasteiger partial charge is 0.351 e. The predicted molar refractivity (Wildman–Crippen MR) is 118 cm³/mol. The van der Waals surface area contributed by atoms with Gasteiger partial charge in [-0.15, -0.1) is 0 Å². The van der Waals surface area contributed by atoms with Gasteiger partial charge in [-0.1, -0.05) is 17.8 Å². The Morgan fingerprint density at radius 1 is 1.33 bits per heavy atom. The maximum Gasteiger partial charge on any atom is 0.351 e. The first-order valence-corrected chi connectivity index (χ1v) is 10.8. The summed E-state index contributed by atoms with van der Waals surface area (Å²) in [5, 5.41) is 13.9. The Balaban J connectivity index is 1.73. The largest absolute Gasteiger partial charge is 0.462 e. The summed E-state index contributed by atoms with van der Waals surface area (Å²) in [4.78, 5) is 31.0. The number of thioether (sulfide) groups is 1. The van der Waals surface area contributed by atoms with Crippen LogP contribution < -0.4 is 5.32 Å². The first-order chi connectivity index (χ1) is 14.5. The molecule has 0 spiro atoms. The maximum atomic E-state index is 12.8. The number of nitriles is 1. The van der Waals surface area contributed by atoms with Crippen LogP contribution in [0, 0.1) is 18.3 Å². The molecule has 1 atom stereocenters. The van der Waals surface area contributed by atoms with Gasteiger partial charge in [0, 0.05) is 29.9 Å². The molecular weight excluding hydrogens is 400 g/mol. The zero-order valence-electron chi connectivity index (χ0n) is 17.3. The molecule has 1 saturated heterocycles. The number of aryl methyl sites for hydroxylation is 1. The van der Waals surface area contributed by atoms with Gasteiger partial charge in [0.1, 0.15) is 11.1 Å². The van der Waals surface area contributed by atoms with Gasteiger partial charge < -0.3 is 15.0 Å². The highest BCUT2D eigenvalue weighted by molar-refractivity contribution is 8.04. The molecule has 1 aliphatic heterocycles. The standard InChI is InChI=1S/C22H24N4O3S/c1-4-26-20(27)19(30-21(26)16(13-23)22(28)29-5-2)11-12-24-17-7-6-8-18-15(17)10-9-14(3)25-18/h6-10,19,24H,4-5,11-12H2,1-3H3/b21-16-. The molecule has 0 bridgehead atoms. The van der Waals surface area contributed by atoms with E-state index in [2.05, 4.69) is 10.3 Å². The number of nitrogens with one attached hydrogen (secondary N) is 1. The summed E-state index contributed by atoms with van der Waals surface area (Å²) in [6.07, 6.45) is 0.556. The molecule has 3 rings (SSSR count). The fourth-order valence-electron chi connectivity index (χ4n) is 3.33. The topological polar surface area (TPSA) is 95.3 Å². The molecule has 0 saturated carbocycles. The second-order valence-electron chi connectivity index (χ2n) is 6.74. The summed E-state index contributed by atoms with van der Waals surface area (Å²) in [6, 6.07) is 11.8. The number of fused-ring (bicyclic) bond motifs is 1. The number of anilines is 1. The fourth-order valence-corrected chi connectivity index (χ4v) is 4.66. The number of carbonyl (C=O) groups excluding carboxylic acids is 2. The number of hydrogen-bond donors (Lipinski definition) is 1. The van der Waals surface area contributed by atoms with E-state index in [9.17, 15) is 14.9 Å². The molecule has 1 N–H and O–H groups in total. The third kappa shape index (κ3) is 4.41. The number of rotatable bonds is 7. The van der Waals surface area contributed by atoms with Crippen molar-refractivity contribution in [1.29, 1.82) is 5.26 Å². The minimum atomic E-state index is -0.689. The Kier molecular flexibility index (Phi) is 6.95. The number of amides is 1. The van der Waals surface area contributed by atoms with Crippen molar-refractivity contribution in [2.75, 3.05) is 25.0 Å². The van der Waals surface area contributed by atoms with Crippen molar-refractivity contribution < 1.29 is 14.3 Å². The van der Waals surface area contributed by atoms with E-state index >= 15 is 0 Å². The molecule has 7 nitrogen and oxygen atoms in total. The van der Waals surface area contributed by atoms with Crippen molar-refractivity contribution in [3.05, 3.63) is 46.6 Å². The molecule has 8 heteroatoms. The van der Waals surface area contributed by atoms with Crippen molar-refractivity contribution in [2.45, 2.75) is 32.4 Å². The Bertz CT molecular complexity index is 1040. The third-order valence-electron chi connectivity index (χ3n) is 4.76. The SMILES string of the molecule is CCOC(=O)/C(C#N)=C1\SC(CCNc2cccc3nc(C)ccc23)C(=O)N1CC. The van der Waals surface area contributed by atoms with Crippen LogP contribution in [0.2, 0.25) is 0 Å². The summed E-state index contributed by atoms with van der Waals surface area (Å²) in [5.41, 5.74) is 2.73. The van der Waals surface area contributed by atoms with Crippen LogP contribution >= 0.6 is 11.8 Å². The lowest BCUT2D eigenvalue weighted by Crippen LogP contribution is -2.30. The summed E-state index contributed by atoms with van der Waals surface area (Å²) in [6.45, 7) is 6.60. The molecule has 1 unspecified atom stereocenters. The van der Waals surface area contributed by atoms with E-state index in [0.717, 1.165) is 22.3 Å². The molecule has 0 aliphatic carbocycles. The number of hydrogen-bond acceptors (Lipinski definition) is 7. The van der Waals surface area contributed by atoms with Gasteiger partial charge >= 0.3 is 5.97 Å². The third-order valence-corrected chi connectivity index (χ3v) is 6.12. The van der Waals surface area contributed by atoms with Gasteiger partial charge in [-0.25, -0.2) is 4.79 Å². The van der Waals surface area contributed by atoms with Crippen LogP contribution in [0.15, 0.2) is 40.9 Å². The minimum Gasteiger partial charge on any atom is -0.462 e.